The number of nitriles is 1. The van der Waals surface area contributed by atoms with Crippen LogP contribution in [0.25, 0.3) is 0 Å². The van der Waals surface area contributed by atoms with Crippen LogP contribution in [0.2, 0.25) is 0 Å². The zero-order valence-corrected chi connectivity index (χ0v) is 13.6. The van der Waals surface area contributed by atoms with Crippen LogP contribution < -0.4 is 5.32 Å². The molecule has 1 amide bonds. The second-order valence-electron chi connectivity index (χ2n) is 5.94. The van der Waals surface area contributed by atoms with Gasteiger partial charge in [0.25, 0.3) is 5.91 Å². The zero-order valence-electron chi connectivity index (χ0n) is 12.8. The molecule has 1 aromatic heterocycles. The van der Waals surface area contributed by atoms with Crippen LogP contribution in [-0.2, 0) is 12.8 Å². The Bertz CT molecular complexity index is 770. The monoisotopic (exact) mass is 310 g/mol. The van der Waals surface area contributed by atoms with Crippen LogP contribution in [0.15, 0.2) is 24.3 Å². The number of nitrogens with one attached hydrogen (secondary N) is 1. The summed E-state index contributed by atoms with van der Waals surface area (Å²) in [5, 5.41) is 13.1. The highest BCUT2D eigenvalue weighted by atomic mass is 32.1. The van der Waals surface area contributed by atoms with Crippen LogP contribution in [0.1, 0.15) is 45.3 Å². The summed E-state index contributed by atoms with van der Waals surface area (Å²) in [6, 6.07) is 9.79. The van der Waals surface area contributed by atoms with E-state index in [9.17, 15) is 10.1 Å². The first-order chi connectivity index (χ1) is 10.6. The molecule has 0 aliphatic heterocycles. The largest absolute Gasteiger partial charge is 0.312 e. The van der Waals surface area contributed by atoms with Gasteiger partial charge in [-0.25, -0.2) is 0 Å². The molecule has 4 heteroatoms. The molecule has 1 unspecified atom stereocenters. The van der Waals surface area contributed by atoms with Gasteiger partial charge < -0.3 is 5.32 Å². The Kier molecular flexibility index (Phi) is 4.00. The van der Waals surface area contributed by atoms with E-state index in [1.807, 2.05) is 31.2 Å². The number of nitrogens with zero attached hydrogens (tertiary/aromatic N) is 1. The molecular weight excluding hydrogens is 292 g/mol. The quantitative estimate of drug-likeness (QED) is 0.899. The van der Waals surface area contributed by atoms with E-state index in [0.29, 0.717) is 22.0 Å². The number of carbonyl (C=O) groups is 1. The summed E-state index contributed by atoms with van der Waals surface area (Å²) in [4.78, 5) is 13.7. The van der Waals surface area contributed by atoms with Gasteiger partial charge in [-0.3, -0.25) is 4.79 Å². The maximum absolute atomic E-state index is 12.5. The van der Waals surface area contributed by atoms with Gasteiger partial charge in [0.15, 0.2) is 0 Å². The molecule has 0 fully saturated rings. The second-order valence-corrected chi connectivity index (χ2v) is 7.04. The molecule has 1 N–H and O–H groups in total. The summed E-state index contributed by atoms with van der Waals surface area (Å²) in [5.41, 5.74) is 3.40. The number of rotatable bonds is 2. The average molecular weight is 310 g/mol. The van der Waals surface area contributed by atoms with Gasteiger partial charge in [0, 0.05) is 10.4 Å². The van der Waals surface area contributed by atoms with E-state index in [4.69, 9.17) is 0 Å². The van der Waals surface area contributed by atoms with Crippen LogP contribution in [0, 0.1) is 24.2 Å². The van der Waals surface area contributed by atoms with E-state index in [-0.39, 0.29) is 5.91 Å². The first kappa shape index (κ1) is 14.8. The lowest BCUT2D eigenvalue weighted by molar-refractivity contribution is 0.102. The number of amides is 1. The van der Waals surface area contributed by atoms with Gasteiger partial charge in [0.1, 0.15) is 11.1 Å². The van der Waals surface area contributed by atoms with Gasteiger partial charge >= 0.3 is 0 Å². The third kappa shape index (κ3) is 2.65. The standard InChI is InChI=1S/C18H18N2OS/c1-11-7-8-16-14(9-11)15(10-19)18(22-16)20-17(21)13-6-4-3-5-12(13)2/h3-6,11H,7-9H2,1-2H3,(H,20,21). The van der Waals surface area contributed by atoms with Crippen molar-refractivity contribution in [2.45, 2.75) is 33.1 Å². The van der Waals surface area contributed by atoms with Crippen molar-refractivity contribution in [3.63, 3.8) is 0 Å². The van der Waals surface area contributed by atoms with E-state index >= 15 is 0 Å². The molecule has 2 aromatic rings. The Morgan fingerprint density at radius 2 is 2.18 bits per heavy atom. The predicted molar refractivity (Wildman–Crippen MR) is 89.4 cm³/mol. The van der Waals surface area contributed by atoms with E-state index < -0.39 is 0 Å². The molecule has 0 spiro atoms. The Hall–Kier alpha value is -2.12. The Morgan fingerprint density at radius 3 is 2.91 bits per heavy atom. The highest BCUT2D eigenvalue weighted by Gasteiger charge is 2.25. The lowest BCUT2D eigenvalue weighted by atomic mass is 9.88. The molecule has 0 bridgehead atoms. The Morgan fingerprint density at radius 1 is 1.41 bits per heavy atom. The van der Waals surface area contributed by atoms with Crippen molar-refractivity contribution in [1.29, 1.82) is 5.26 Å². The van der Waals surface area contributed by atoms with Gasteiger partial charge in [-0.15, -0.1) is 11.3 Å². The summed E-state index contributed by atoms with van der Waals surface area (Å²) >= 11 is 1.56. The lowest BCUT2D eigenvalue weighted by Crippen LogP contribution is -2.13. The van der Waals surface area contributed by atoms with Gasteiger partial charge in [0.2, 0.25) is 0 Å². The number of fused-ring (bicyclic) bond motifs is 1. The third-order valence-electron chi connectivity index (χ3n) is 4.24. The minimum absolute atomic E-state index is 0.138. The highest BCUT2D eigenvalue weighted by molar-refractivity contribution is 7.16. The van der Waals surface area contributed by atoms with E-state index in [1.54, 1.807) is 11.3 Å². The zero-order chi connectivity index (χ0) is 15.7. The molecule has 1 heterocycles. The summed E-state index contributed by atoms with van der Waals surface area (Å²) < 4.78 is 0. The molecule has 0 saturated carbocycles. The summed E-state index contributed by atoms with van der Waals surface area (Å²) in [6.07, 6.45) is 3.11. The Balaban J connectivity index is 1.92. The van der Waals surface area contributed by atoms with E-state index in [0.717, 1.165) is 30.4 Å². The molecular formula is C18H18N2OS. The number of anilines is 1. The molecule has 1 aliphatic rings. The fraction of sp³-hybridized carbons (Fsp3) is 0.333. The topological polar surface area (TPSA) is 52.9 Å². The molecule has 1 aromatic carbocycles. The normalized spacial score (nSPS) is 16.7. The highest BCUT2D eigenvalue weighted by Crippen LogP contribution is 2.39. The van der Waals surface area contributed by atoms with Crippen LogP contribution in [0.4, 0.5) is 5.00 Å². The number of benzene rings is 1. The molecule has 112 valence electrons. The van der Waals surface area contributed by atoms with Crippen molar-refractivity contribution < 1.29 is 4.79 Å². The smallest absolute Gasteiger partial charge is 0.256 e. The van der Waals surface area contributed by atoms with Crippen molar-refractivity contribution in [2.24, 2.45) is 5.92 Å². The maximum Gasteiger partial charge on any atom is 0.256 e. The molecule has 22 heavy (non-hydrogen) atoms. The van der Waals surface area contributed by atoms with Gasteiger partial charge in [-0.05, 0) is 49.3 Å². The third-order valence-corrected chi connectivity index (χ3v) is 5.44. The average Bonchev–Trinajstić information content (AvgIpc) is 2.83. The molecule has 0 saturated heterocycles. The number of carbonyl (C=O) groups excluding carboxylic acids is 1. The second kappa shape index (κ2) is 5.94. The number of thiophene rings is 1. The van der Waals surface area contributed by atoms with Crippen molar-refractivity contribution in [2.75, 3.05) is 5.32 Å². The SMILES string of the molecule is Cc1ccccc1C(=O)Nc1sc2c(c1C#N)CC(C)CC2. The first-order valence-corrected chi connectivity index (χ1v) is 8.33. The van der Waals surface area contributed by atoms with Crippen LogP contribution in [0.5, 0.6) is 0 Å². The number of hydrogen-bond donors (Lipinski definition) is 1. The summed E-state index contributed by atoms with van der Waals surface area (Å²) in [5.74, 6) is 0.468. The van der Waals surface area contributed by atoms with Gasteiger partial charge in [0.05, 0.1) is 5.56 Å². The minimum Gasteiger partial charge on any atom is -0.312 e. The summed E-state index contributed by atoms with van der Waals surface area (Å²) in [6.45, 7) is 4.13. The predicted octanol–water partition coefficient (Wildman–Crippen LogP) is 4.31. The van der Waals surface area contributed by atoms with Crippen molar-refractivity contribution >= 4 is 22.2 Å². The van der Waals surface area contributed by atoms with Crippen molar-refractivity contribution in [3.8, 4) is 6.07 Å². The molecule has 1 atom stereocenters. The number of aryl methyl sites for hydroxylation is 2. The Labute approximate surface area is 134 Å². The minimum atomic E-state index is -0.138. The van der Waals surface area contributed by atoms with Gasteiger partial charge in [-0.1, -0.05) is 25.1 Å². The summed E-state index contributed by atoms with van der Waals surface area (Å²) in [7, 11) is 0. The fourth-order valence-electron chi connectivity index (χ4n) is 2.96. The molecule has 0 radical (unpaired) electrons. The van der Waals surface area contributed by atoms with Crippen LogP contribution >= 0.6 is 11.3 Å². The van der Waals surface area contributed by atoms with Crippen molar-refractivity contribution in [1.82, 2.24) is 0 Å². The fourth-order valence-corrected chi connectivity index (χ4v) is 4.15. The molecule has 3 rings (SSSR count). The number of hydrogen-bond acceptors (Lipinski definition) is 3. The van der Waals surface area contributed by atoms with E-state index in [1.165, 1.54) is 4.88 Å². The molecule has 3 nitrogen and oxygen atoms in total. The van der Waals surface area contributed by atoms with Gasteiger partial charge in [-0.2, -0.15) is 5.26 Å². The van der Waals surface area contributed by atoms with Crippen molar-refractivity contribution in [3.05, 3.63) is 51.4 Å². The van der Waals surface area contributed by atoms with E-state index in [2.05, 4.69) is 18.3 Å². The lowest BCUT2D eigenvalue weighted by Gasteiger charge is -2.17. The first-order valence-electron chi connectivity index (χ1n) is 7.51. The van der Waals surface area contributed by atoms with Crippen LogP contribution in [0.3, 0.4) is 0 Å². The molecule has 1 aliphatic carbocycles. The maximum atomic E-state index is 12.5. The van der Waals surface area contributed by atoms with Crippen LogP contribution in [-0.4, -0.2) is 5.91 Å².